The molecule has 1 saturated heterocycles. The maximum atomic E-state index is 12.4. The quantitative estimate of drug-likeness (QED) is 0.833. The number of carbonyl (C=O) groups excluding carboxylic acids is 2. The molecular weight excluding hydrogens is 258 g/mol. The fraction of sp³-hybridized carbons (Fsp3) is 0.500. The van der Waals surface area contributed by atoms with Crippen LogP contribution in [-0.2, 0) is 4.79 Å². The summed E-state index contributed by atoms with van der Waals surface area (Å²) in [6, 6.07) is 1.57. The number of piperidine rings is 1. The molecule has 1 fully saturated rings. The summed E-state index contributed by atoms with van der Waals surface area (Å²) in [5.74, 6) is -0.593. The third-order valence-electron chi connectivity index (χ3n) is 3.58. The van der Waals surface area contributed by atoms with Crippen molar-refractivity contribution in [1.29, 1.82) is 0 Å². The van der Waals surface area contributed by atoms with Gasteiger partial charge in [0, 0.05) is 25.8 Å². The minimum absolute atomic E-state index is 0.0439. The van der Waals surface area contributed by atoms with E-state index in [0.29, 0.717) is 18.8 Å². The minimum atomic E-state index is -0.249. The number of aromatic nitrogens is 1. The standard InChI is InChI=1S/C14H19N3O3/c1-9-6-11(12(18)7-16-9)14(20)17-5-3-4-10(8-17)13(19)15-2/h6-7,10,18H,3-5,8H2,1-2H3,(H,15,19)/t10-/m0/s1. The molecule has 20 heavy (non-hydrogen) atoms. The molecule has 0 spiro atoms. The van der Waals surface area contributed by atoms with Crippen LogP contribution in [0.2, 0.25) is 0 Å². The molecule has 0 aliphatic carbocycles. The molecule has 1 atom stereocenters. The van der Waals surface area contributed by atoms with Crippen molar-refractivity contribution in [2.75, 3.05) is 20.1 Å². The van der Waals surface area contributed by atoms with Crippen LogP contribution in [0.4, 0.5) is 0 Å². The number of hydrogen-bond donors (Lipinski definition) is 2. The predicted molar refractivity (Wildman–Crippen MR) is 73.3 cm³/mol. The minimum Gasteiger partial charge on any atom is -0.505 e. The third-order valence-corrected chi connectivity index (χ3v) is 3.58. The van der Waals surface area contributed by atoms with Crippen LogP contribution in [-0.4, -0.2) is 46.9 Å². The van der Waals surface area contributed by atoms with Gasteiger partial charge >= 0.3 is 0 Å². The number of rotatable bonds is 2. The summed E-state index contributed by atoms with van der Waals surface area (Å²) in [6.45, 7) is 2.76. The Morgan fingerprint density at radius 3 is 2.95 bits per heavy atom. The second-order valence-electron chi connectivity index (χ2n) is 5.05. The summed E-state index contributed by atoms with van der Waals surface area (Å²) in [7, 11) is 1.60. The monoisotopic (exact) mass is 277 g/mol. The lowest BCUT2D eigenvalue weighted by atomic mass is 9.96. The average molecular weight is 277 g/mol. The highest BCUT2D eigenvalue weighted by Crippen LogP contribution is 2.23. The second kappa shape index (κ2) is 5.90. The molecule has 1 aromatic heterocycles. The van der Waals surface area contributed by atoms with E-state index < -0.39 is 0 Å². The fourth-order valence-corrected chi connectivity index (χ4v) is 2.47. The van der Waals surface area contributed by atoms with Gasteiger partial charge in [-0.05, 0) is 25.8 Å². The van der Waals surface area contributed by atoms with Gasteiger partial charge in [0.2, 0.25) is 5.91 Å². The van der Waals surface area contributed by atoms with E-state index in [1.165, 1.54) is 6.20 Å². The van der Waals surface area contributed by atoms with Crippen LogP contribution < -0.4 is 5.32 Å². The second-order valence-corrected chi connectivity index (χ2v) is 5.05. The molecule has 2 rings (SSSR count). The van der Waals surface area contributed by atoms with Crippen molar-refractivity contribution in [2.45, 2.75) is 19.8 Å². The Labute approximate surface area is 117 Å². The zero-order chi connectivity index (χ0) is 14.7. The topological polar surface area (TPSA) is 82.5 Å². The van der Waals surface area contributed by atoms with Crippen molar-refractivity contribution in [2.24, 2.45) is 5.92 Å². The molecule has 2 amide bonds. The van der Waals surface area contributed by atoms with Crippen molar-refractivity contribution in [3.05, 3.63) is 23.5 Å². The molecule has 0 unspecified atom stereocenters. The van der Waals surface area contributed by atoms with Gasteiger partial charge in [-0.1, -0.05) is 0 Å². The molecule has 0 bridgehead atoms. The Morgan fingerprint density at radius 1 is 1.50 bits per heavy atom. The van der Waals surface area contributed by atoms with Gasteiger partial charge in [0.15, 0.2) is 0 Å². The molecule has 0 radical (unpaired) electrons. The Kier molecular flexibility index (Phi) is 4.22. The van der Waals surface area contributed by atoms with Gasteiger partial charge in [0.05, 0.1) is 17.7 Å². The van der Waals surface area contributed by atoms with E-state index in [4.69, 9.17) is 0 Å². The van der Waals surface area contributed by atoms with E-state index in [2.05, 4.69) is 10.3 Å². The first-order chi connectivity index (χ1) is 9.52. The van der Waals surface area contributed by atoms with E-state index in [1.807, 2.05) is 0 Å². The predicted octanol–water partition coefficient (Wildman–Crippen LogP) is 0.694. The van der Waals surface area contributed by atoms with Crippen LogP contribution in [0, 0.1) is 12.8 Å². The van der Waals surface area contributed by atoms with Crippen LogP contribution in [0.25, 0.3) is 0 Å². The molecule has 2 N–H and O–H groups in total. The number of carbonyl (C=O) groups is 2. The van der Waals surface area contributed by atoms with Crippen molar-refractivity contribution in [3.63, 3.8) is 0 Å². The Balaban J connectivity index is 2.16. The lowest BCUT2D eigenvalue weighted by Crippen LogP contribution is -2.44. The molecule has 2 heterocycles. The van der Waals surface area contributed by atoms with Crippen LogP contribution in [0.1, 0.15) is 28.9 Å². The van der Waals surface area contributed by atoms with Gasteiger partial charge in [0.25, 0.3) is 5.91 Å². The number of aromatic hydroxyl groups is 1. The normalized spacial score (nSPS) is 18.7. The average Bonchev–Trinajstić information content (AvgIpc) is 2.48. The fourth-order valence-electron chi connectivity index (χ4n) is 2.47. The lowest BCUT2D eigenvalue weighted by Gasteiger charge is -2.32. The summed E-state index contributed by atoms with van der Waals surface area (Å²) in [5.41, 5.74) is 0.918. The molecule has 0 saturated carbocycles. The lowest BCUT2D eigenvalue weighted by molar-refractivity contribution is -0.125. The van der Waals surface area contributed by atoms with Gasteiger partial charge in [-0.25, -0.2) is 0 Å². The van der Waals surface area contributed by atoms with Crippen molar-refractivity contribution in [1.82, 2.24) is 15.2 Å². The van der Waals surface area contributed by atoms with Crippen LogP contribution in [0.5, 0.6) is 5.75 Å². The Hall–Kier alpha value is -2.11. The summed E-state index contributed by atoms with van der Waals surface area (Å²) in [5, 5.41) is 12.4. The van der Waals surface area contributed by atoms with Crippen LogP contribution in [0.3, 0.4) is 0 Å². The smallest absolute Gasteiger partial charge is 0.257 e. The Morgan fingerprint density at radius 2 is 2.25 bits per heavy atom. The molecule has 6 heteroatoms. The first-order valence-corrected chi connectivity index (χ1v) is 6.69. The van der Waals surface area contributed by atoms with E-state index >= 15 is 0 Å². The van der Waals surface area contributed by atoms with Gasteiger partial charge in [-0.3, -0.25) is 14.6 Å². The van der Waals surface area contributed by atoms with Gasteiger partial charge in [-0.15, -0.1) is 0 Å². The van der Waals surface area contributed by atoms with E-state index in [9.17, 15) is 14.7 Å². The molecular formula is C14H19N3O3. The Bertz CT molecular complexity index is 530. The summed E-state index contributed by atoms with van der Waals surface area (Å²) in [4.78, 5) is 29.7. The van der Waals surface area contributed by atoms with E-state index in [1.54, 1.807) is 24.9 Å². The van der Waals surface area contributed by atoms with Crippen LogP contribution >= 0.6 is 0 Å². The molecule has 0 aromatic carbocycles. The first-order valence-electron chi connectivity index (χ1n) is 6.69. The number of nitrogens with zero attached hydrogens (tertiary/aromatic N) is 2. The highest BCUT2D eigenvalue weighted by atomic mass is 16.3. The highest BCUT2D eigenvalue weighted by Gasteiger charge is 2.29. The van der Waals surface area contributed by atoms with Gasteiger partial charge in [0.1, 0.15) is 5.75 Å². The zero-order valence-electron chi connectivity index (χ0n) is 11.7. The molecule has 1 aromatic rings. The van der Waals surface area contributed by atoms with Gasteiger partial charge < -0.3 is 15.3 Å². The molecule has 1 aliphatic heterocycles. The molecule has 1 aliphatic rings. The summed E-state index contributed by atoms with van der Waals surface area (Å²) in [6.07, 6.45) is 2.85. The molecule has 6 nitrogen and oxygen atoms in total. The van der Waals surface area contributed by atoms with Crippen molar-refractivity contribution < 1.29 is 14.7 Å². The summed E-state index contributed by atoms with van der Waals surface area (Å²) < 4.78 is 0. The summed E-state index contributed by atoms with van der Waals surface area (Å²) >= 11 is 0. The zero-order valence-corrected chi connectivity index (χ0v) is 11.7. The van der Waals surface area contributed by atoms with Crippen molar-refractivity contribution >= 4 is 11.8 Å². The van der Waals surface area contributed by atoms with Crippen molar-refractivity contribution in [3.8, 4) is 5.75 Å². The van der Waals surface area contributed by atoms with Gasteiger partial charge in [-0.2, -0.15) is 0 Å². The number of amides is 2. The number of hydrogen-bond acceptors (Lipinski definition) is 4. The number of pyridine rings is 1. The number of nitrogens with one attached hydrogen (secondary N) is 1. The largest absolute Gasteiger partial charge is 0.505 e. The van der Waals surface area contributed by atoms with E-state index in [-0.39, 0.29) is 29.0 Å². The maximum Gasteiger partial charge on any atom is 0.257 e. The SMILES string of the molecule is CNC(=O)[C@H]1CCCN(C(=O)c2cc(C)ncc2O)C1. The molecule has 108 valence electrons. The number of likely N-dealkylation sites (tertiary alicyclic amines) is 1. The maximum absolute atomic E-state index is 12.4. The first kappa shape index (κ1) is 14.3. The third kappa shape index (κ3) is 2.89. The highest BCUT2D eigenvalue weighted by molar-refractivity contribution is 5.97. The van der Waals surface area contributed by atoms with E-state index in [0.717, 1.165) is 12.8 Å². The van der Waals surface area contributed by atoms with Crippen LogP contribution in [0.15, 0.2) is 12.3 Å². The number of aryl methyl sites for hydroxylation is 1.